The van der Waals surface area contributed by atoms with E-state index in [0.717, 1.165) is 0 Å². The van der Waals surface area contributed by atoms with Crippen molar-refractivity contribution in [2.24, 2.45) is 0 Å². The van der Waals surface area contributed by atoms with Crippen LogP contribution in [0.2, 0.25) is 0 Å². The van der Waals surface area contributed by atoms with Gasteiger partial charge in [-0.15, -0.1) is 0 Å². The molecule has 13 heavy (non-hydrogen) atoms. The number of carbonyl (C=O) groups excluding carboxylic acids is 1. The fraction of sp³-hybridized carbons (Fsp3) is 0.111. The second-order valence-electron chi connectivity index (χ2n) is 2.76. The molecular weight excluding hydrogens is 171 g/mol. The highest BCUT2D eigenvalue weighted by atomic mass is 19.1. The first-order valence-electron chi connectivity index (χ1n) is 3.82. The second kappa shape index (κ2) is 2.65. The molecule has 0 aliphatic rings. The molecule has 3 nitrogen and oxygen atoms in total. The van der Waals surface area contributed by atoms with Crippen LogP contribution >= 0.6 is 0 Å². The van der Waals surface area contributed by atoms with Gasteiger partial charge in [0.15, 0.2) is 6.29 Å². The standard InChI is InChI=1S/C9H7FN2O/c1-6-11-8(5-13)9-3-2-7(10)4-12(6)9/h2-5H,1H3. The maximum atomic E-state index is 12.8. The minimum atomic E-state index is -0.342. The van der Waals surface area contributed by atoms with Gasteiger partial charge in [0, 0.05) is 6.20 Å². The average molecular weight is 178 g/mol. The van der Waals surface area contributed by atoms with Crippen molar-refractivity contribution in [3.8, 4) is 0 Å². The van der Waals surface area contributed by atoms with Crippen molar-refractivity contribution in [1.82, 2.24) is 9.38 Å². The number of nitrogens with zero attached hydrogens (tertiary/aromatic N) is 2. The van der Waals surface area contributed by atoms with Crippen molar-refractivity contribution in [3.05, 3.63) is 35.7 Å². The Bertz CT molecular complexity index is 476. The summed E-state index contributed by atoms with van der Waals surface area (Å²) >= 11 is 0. The molecule has 0 spiro atoms. The Morgan fingerprint density at radius 1 is 1.54 bits per heavy atom. The zero-order chi connectivity index (χ0) is 9.42. The molecule has 0 aliphatic carbocycles. The summed E-state index contributed by atoms with van der Waals surface area (Å²) in [6.07, 6.45) is 1.98. The van der Waals surface area contributed by atoms with Crippen LogP contribution in [0.3, 0.4) is 0 Å². The summed E-state index contributed by atoms with van der Waals surface area (Å²) in [7, 11) is 0. The zero-order valence-corrected chi connectivity index (χ0v) is 6.99. The number of carbonyl (C=O) groups is 1. The minimum absolute atomic E-state index is 0.342. The lowest BCUT2D eigenvalue weighted by molar-refractivity contribution is 0.112. The van der Waals surface area contributed by atoms with Crippen LogP contribution in [0.4, 0.5) is 4.39 Å². The second-order valence-corrected chi connectivity index (χ2v) is 2.76. The van der Waals surface area contributed by atoms with E-state index in [2.05, 4.69) is 4.98 Å². The van der Waals surface area contributed by atoms with Crippen molar-refractivity contribution in [3.63, 3.8) is 0 Å². The van der Waals surface area contributed by atoms with E-state index in [9.17, 15) is 9.18 Å². The SMILES string of the molecule is Cc1nc(C=O)c2ccc(F)cn12. The molecule has 66 valence electrons. The van der Waals surface area contributed by atoms with Crippen LogP contribution in [0.1, 0.15) is 16.3 Å². The van der Waals surface area contributed by atoms with E-state index in [1.807, 2.05) is 0 Å². The average Bonchev–Trinajstić information content (AvgIpc) is 2.43. The first-order chi connectivity index (χ1) is 6.22. The Kier molecular flexibility index (Phi) is 1.62. The molecule has 0 saturated heterocycles. The summed E-state index contributed by atoms with van der Waals surface area (Å²) in [6.45, 7) is 1.72. The van der Waals surface area contributed by atoms with Gasteiger partial charge >= 0.3 is 0 Å². The number of imidazole rings is 1. The third-order valence-corrected chi connectivity index (χ3v) is 1.92. The topological polar surface area (TPSA) is 34.4 Å². The van der Waals surface area contributed by atoms with Gasteiger partial charge in [0.05, 0.1) is 5.52 Å². The third kappa shape index (κ3) is 1.11. The lowest BCUT2D eigenvalue weighted by Gasteiger charge is -1.94. The van der Waals surface area contributed by atoms with Crippen LogP contribution in [-0.4, -0.2) is 15.7 Å². The highest BCUT2D eigenvalue weighted by Gasteiger charge is 2.06. The predicted molar refractivity (Wildman–Crippen MR) is 45.3 cm³/mol. The van der Waals surface area contributed by atoms with E-state index in [1.54, 1.807) is 17.4 Å². The largest absolute Gasteiger partial charge is 0.300 e. The van der Waals surface area contributed by atoms with Gasteiger partial charge in [-0.1, -0.05) is 0 Å². The molecule has 0 amide bonds. The van der Waals surface area contributed by atoms with Crippen LogP contribution < -0.4 is 0 Å². The van der Waals surface area contributed by atoms with Gasteiger partial charge in [0.1, 0.15) is 17.3 Å². The van der Waals surface area contributed by atoms with Crippen molar-refractivity contribution in [2.45, 2.75) is 6.92 Å². The zero-order valence-electron chi connectivity index (χ0n) is 6.99. The Morgan fingerprint density at radius 3 is 3.00 bits per heavy atom. The number of rotatable bonds is 1. The van der Waals surface area contributed by atoms with Crippen molar-refractivity contribution in [2.75, 3.05) is 0 Å². The number of halogens is 1. The molecule has 2 heterocycles. The van der Waals surface area contributed by atoms with Gasteiger partial charge in [-0.3, -0.25) is 4.79 Å². The van der Waals surface area contributed by atoms with Crippen molar-refractivity contribution >= 4 is 11.8 Å². The summed E-state index contributed by atoms with van der Waals surface area (Å²) in [6, 6.07) is 2.85. The van der Waals surface area contributed by atoms with E-state index < -0.39 is 0 Å². The molecule has 4 heteroatoms. The van der Waals surface area contributed by atoms with Crippen molar-refractivity contribution < 1.29 is 9.18 Å². The Balaban J connectivity index is 2.88. The summed E-state index contributed by atoms with van der Waals surface area (Å²) in [5.41, 5.74) is 0.978. The molecule has 2 aromatic heterocycles. The first-order valence-corrected chi connectivity index (χ1v) is 3.82. The van der Waals surface area contributed by atoms with E-state index in [-0.39, 0.29) is 5.82 Å². The van der Waals surface area contributed by atoms with E-state index in [4.69, 9.17) is 0 Å². The number of aldehydes is 1. The van der Waals surface area contributed by atoms with Gasteiger partial charge in [-0.25, -0.2) is 9.37 Å². The molecule has 0 N–H and O–H groups in total. The molecule has 0 fully saturated rings. The molecule has 0 unspecified atom stereocenters. The van der Waals surface area contributed by atoms with Crippen molar-refractivity contribution in [1.29, 1.82) is 0 Å². The maximum Gasteiger partial charge on any atom is 0.170 e. The number of hydrogen-bond donors (Lipinski definition) is 0. The Hall–Kier alpha value is -1.71. The van der Waals surface area contributed by atoms with Crippen LogP contribution in [0.25, 0.3) is 5.52 Å². The van der Waals surface area contributed by atoms with Crippen LogP contribution in [-0.2, 0) is 0 Å². The number of aromatic nitrogens is 2. The van der Waals surface area contributed by atoms with Gasteiger partial charge in [0.2, 0.25) is 0 Å². The molecular formula is C9H7FN2O. The number of fused-ring (bicyclic) bond motifs is 1. The van der Waals surface area contributed by atoms with Crippen LogP contribution in [0.5, 0.6) is 0 Å². The lowest BCUT2D eigenvalue weighted by Crippen LogP contribution is -1.88. The molecule has 0 saturated carbocycles. The van der Waals surface area contributed by atoms with Gasteiger partial charge in [-0.05, 0) is 19.1 Å². The number of hydrogen-bond acceptors (Lipinski definition) is 2. The Labute approximate surface area is 73.8 Å². The minimum Gasteiger partial charge on any atom is -0.300 e. The van der Waals surface area contributed by atoms with E-state index >= 15 is 0 Å². The highest BCUT2D eigenvalue weighted by Crippen LogP contribution is 2.11. The summed E-state index contributed by atoms with van der Waals surface area (Å²) in [5, 5.41) is 0. The maximum absolute atomic E-state index is 12.8. The molecule has 2 rings (SSSR count). The summed E-state index contributed by atoms with van der Waals surface area (Å²) in [4.78, 5) is 14.5. The first kappa shape index (κ1) is 7.91. The predicted octanol–water partition coefficient (Wildman–Crippen LogP) is 1.59. The Morgan fingerprint density at radius 2 is 2.31 bits per heavy atom. The molecule has 0 aromatic carbocycles. The van der Waals surface area contributed by atoms with Crippen LogP contribution in [0.15, 0.2) is 18.3 Å². The molecule has 0 aliphatic heterocycles. The van der Waals surface area contributed by atoms with Gasteiger partial charge in [-0.2, -0.15) is 0 Å². The number of aryl methyl sites for hydroxylation is 1. The quantitative estimate of drug-likeness (QED) is 0.621. The fourth-order valence-electron chi connectivity index (χ4n) is 1.32. The van der Waals surface area contributed by atoms with E-state index in [1.165, 1.54) is 12.3 Å². The summed E-state index contributed by atoms with van der Waals surface area (Å²) in [5.74, 6) is 0.266. The van der Waals surface area contributed by atoms with Crippen LogP contribution in [0, 0.1) is 12.7 Å². The fourth-order valence-corrected chi connectivity index (χ4v) is 1.32. The summed E-state index contributed by atoms with van der Waals surface area (Å²) < 4.78 is 14.3. The number of pyridine rings is 1. The molecule has 0 radical (unpaired) electrons. The lowest BCUT2D eigenvalue weighted by atomic mass is 10.3. The van der Waals surface area contributed by atoms with Gasteiger partial charge < -0.3 is 4.40 Å². The molecule has 2 aromatic rings. The molecule has 0 bridgehead atoms. The van der Waals surface area contributed by atoms with E-state index in [0.29, 0.717) is 23.3 Å². The smallest absolute Gasteiger partial charge is 0.170 e. The molecule has 0 atom stereocenters. The third-order valence-electron chi connectivity index (χ3n) is 1.92. The highest BCUT2D eigenvalue weighted by molar-refractivity contribution is 5.83. The monoisotopic (exact) mass is 178 g/mol. The normalized spacial score (nSPS) is 10.6. The van der Waals surface area contributed by atoms with Gasteiger partial charge in [0.25, 0.3) is 0 Å².